The van der Waals surface area contributed by atoms with Crippen LogP contribution in [0.4, 0.5) is 4.39 Å². The molecule has 20 heavy (non-hydrogen) atoms. The van der Waals surface area contributed by atoms with Gasteiger partial charge in [0.15, 0.2) is 11.6 Å². The average Bonchev–Trinajstić information content (AvgIpc) is 2.67. The van der Waals surface area contributed by atoms with E-state index < -0.39 is 15.8 Å². The molecule has 0 unspecified atom stereocenters. The van der Waals surface area contributed by atoms with Gasteiger partial charge in [-0.15, -0.1) is 12.4 Å². The first kappa shape index (κ1) is 17.2. The fourth-order valence-electron chi connectivity index (χ4n) is 2.02. The first-order valence-electron chi connectivity index (χ1n) is 6.10. The minimum absolute atomic E-state index is 0. The van der Waals surface area contributed by atoms with Crippen molar-refractivity contribution in [2.45, 2.75) is 11.3 Å². The van der Waals surface area contributed by atoms with Crippen LogP contribution in [0.15, 0.2) is 23.1 Å². The van der Waals surface area contributed by atoms with Crippen LogP contribution in [-0.4, -0.2) is 46.0 Å². The van der Waals surface area contributed by atoms with E-state index in [0.29, 0.717) is 19.6 Å². The molecule has 114 valence electrons. The zero-order valence-corrected chi connectivity index (χ0v) is 12.8. The third kappa shape index (κ3) is 3.60. The molecular weight excluding hydrogens is 307 g/mol. The number of halogens is 2. The number of nitrogens with zero attached hydrogens (tertiary/aromatic N) is 1. The van der Waals surface area contributed by atoms with Gasteiger partial charge in [-0.25, -0.2) is 12.8 Å². The van der Waals surface area contributed by atoms with Gasteiger partial charge in [-0.05, 0) is 31.2 Å². The quantitative estimate of drug-likeness (QED) is 0.909. The Balaban J connectivity index is 0.00000200. The first-order chi connectivity index (χ1) is 9.05. The molecule has 1 heterocycles. The van der Waals surface area contributed by atoms with E-state index in [2.05, 4.69) is 5.32 Å². The average molecular weight is 325 g/mol. The second kappa shape index (κ2) is 7.21. The maximum Gasteiger partial charge on any atom is 0.243 e. The minimum Gasteiger partial charge on any atom is -0.494 e. The molecule has 1 fully saturated rings. The normalized spacial score (nSPS) is 17.1. The second-order valence-electron chi connectivity index (χ2n) is 4.30. The number of methoxy groups -OCH3 is 1. The van der Waals surface area contributed by atoms with E-state index in [1.165, 1.54) is 23.5 Å². The van der Waals surface area contributed by atoms with Gasteiger partial charge in [-0.2, -0.15) is 4.31 Å². The zero-order chi connectivity index (χ0) is 13.9. The van der Waals surface area contributed by atoms with Crippen LogP contribution < -0.4 is 10.1 Å². The van der Waals surface area contributed by atoms with Crippen molar-refractivity contribution in [3.63, 3.8) is 0 Å². The van der Waals surface area contributed by atoms with Gasteiger partial charge in [-0.3, -0.25) is 0 Å². The van der Waals surface area contributed by atoms with Crippen molar-refractivity contribution in [3.05, 3.63) is 24.0 Å². The van der Waals surface area contributed by atoms with E-state index in [4.69, 9.17) is 4.74 Å². The maximum absolute atomic E-state index is 13.6. The van der Waals surface area contributed by atoms with E-state index in [0.717, 1.165) is 19.0 Å². The molecule has 0 bridgehead atoms. The standard InChI is InChI=1S/C12H17FN2O3S.ClH/c1-18-12-4-3-10(9-11(12)13)19(16,17)15-7-2-5-14-6-8-15;/h3-4,9,14H,2,5-8H2,1H3;1H. The van der Waals surface area contributed by atoms with E-state index >= 15 is 0 Å². The molecular formula is C12H18ClFN2O3S. The number of ether oxygens (including phenoxy) is 1. The molecule has 0 radical (unpaired) electrons. The molecule has 1 aromatic carbocycles. The highest BCUT2D eigenvalue weighted by Crippen LogP contribution is 2.23. The number of hydrogen-bond acceptors (Lipinski definition) is 4. The second-order valence-corrected chi connectivity index (χ2v) is 6.24. The molecule has 1 aliphatic rings. The molecule has 8 heteroatoms. The Hall–Kier alpha value is -0.890. The van der Waals surface area contributed by atoms with Crippen molar-refractivity contribution in [2.24, 2.45) is 0 Å². The lowest BCUT2D eigenvalue weighted by Gasteiger charge is -2.19. The topological polar surface area (TPSA) is 58.6 Å². The number of hydrogen-bond donors (Lipinski definition) is 1. The lowest BCUT2D eigenvalue weighted by molar-refractivity contribution is 0.385. The van der Waals surface area contributed by atoms with Gasteiger partial charge in [0.1, 0.15) is 0 Å². The molecule has 1 aliphatic heterocycles. The van der Waals surface area contributed by atoms with Crippen molar-refractivity contribution >= 4 is 22.4 Å². The Morgan fingerprint density at radius 2 is 2.05 bits per heavy atom. The number of sulfonamides is 1. The highest BCUT2D eigenvalue weighted by atomic mass is 35.5. The highest BCUT2D eigenvalue weighted by Gasteiger charge is 2.25. The summed E-state index contributed by atoms with van der Waals surface area (Å²) in [6.45, 7) is 2.25. The lowest BCUT2D eigenvalue weighted by atomic mass is 10.3. The van der Waals surface area contributed by atoms with Crippen LogP contribution in [0.5, 0.6) is 5.75 Å². The third-order valence-corrected chi connectivity index (χ3v) is 4.95. The zero-order valence-electron chi connectivity index (χ0n) is 11.1. The van der Waals surface area contributed by atoms with Crippen LogP contribution in [0.25, 0.3) is 0 Å². The fraction of sp³-hybridized carbons (Fsp3) is 0.500. The summed E-state index contributed by atoms with van der Waals surface area (Å²) in [5, 5.41) is 3.13. The summed E-state index contributed by atoms with van der Waals surface area (Å²) in [5.74, 6) is -0.631. The predicted molar refractivity (Wildman–Crippen MR) is 76.4 cm³/mol. The Labute approximate surface area is 124 Å². The van der Waals surface area contributed by atoms with Crippen molar-refractivity contribution < 1.29 is 17.5 Å². The van der Waals surface area contributed by atoms with Crippen molar-refractivity contribution in [3.8, 4) is 5.75 Å². The van der Waals surface area contributed by atoms with Crippen LogP contribution in [0.2, 0.25) is 0 Å². The predicted octanol–water partition coefficient (Wildman–Crippen LogP) is 1.24. The van der Waals surface area contributed by atoms with E-state index in [-0.39, 0.29) is 23.1 Å². The molecule has 1 saturated heterocycles. The molecule has 0 spiro atoms. The van der Waals surface area contributed by atoms with Gasteiger partial charge in [0.2, 0.25) is 10.0 Å². The number of rotatable bonds is 3. The summed E-state index contributed by atoms with van der Waals surface area (Å²) < 4.78 is 44.5. The molecule has 0 aromatic heterocycles. The molecule has 0 atom stereocenters. The first-order valence-corrected chi connectivity index (χ1v) is 7.54. The Kier molecular flexibility index (Phi) is 6.19. The van der Waals surface area contributed by atoms with E-state index in [1.54, 1.807) is 0 Å². The van der Waals surface area contributed by atoms with Crippen molar-refractivity contribution in [1.29, 1.82) is 0 Å². The third-order valence-electron chi connectivity index (χ3n) is 3.06. The molecule has 0 amide bonds. The summed E-state index contributed by atoms with van der Waals surface area (Å²) in [7, 11) is -2.29. The highest BCUT2D eigenvalue weighted by molar-refractivity contribution is 7.89. The number of benzene rings is 1. The molecule has 1 N–H and O–H groups in total. The van der Waals surface area contributed by atoms with Gasteiger partial charge < -0.3 is 10.1 Å². The van der Waals surface area contributed by atoms with Crippen LogP contribution in [0.3, 0.4) is 0 Å². The number of nitrogens with one attached hydrogen (secondary N) is 1. The largest absolute Gasteiger partial charge is 0.494 e. The molecule has 1 aromatic rings. The van der Waals surface area contributed by atoms with Gasteiger partial charge in [0.05, 0.1) is 12.0 Å². The van der Waals surface area contributed by atoms with Crippen molar-refractivity contribution in [1.82, 2.24) is 9.62 Å². The van der Waals surface area contributed by atoms with Crippen LogP contribution in [-0.2, 0) is 10.0 Å². The molecule has 5 nitrogen and oxygen atoms in total. The Bertz CT molecular complexity index is 546. The maximum atomic E-state index is 13.6. The smallest absolute Gasteiger partial charge is 0.243 e. The SMILES string of the molecule is COc1ccc(S(=O)(=O)N2CCCNCC2)cc1F.Cl. The summed E-state index contributed by atoms with van der Waals surface area (Å²) in [6, 6.07) is 3.71. The van der Waals surface area contributed by atoms with Crippen LogP contribution in [0, 0.1) is 5.82 Å². The van der Waals surface area contributed by atoms with Crippen LogP contribution >= 0.6 is 12.4 Å². The van der Waals surface area contributed by atoms with Gasteiger partial charge in [0.25, 0.3) is 0 Å². The van der Waals surface area contributed by atoms with Crippen molar-refractivity contribution in [2.75, 3.05) is 33.3 Å². The fourth-order valence-corrected chi connectivity index (χ4v) is 3.51. The molecule has 2 rings (SSSR count). The molecule has 0 aliphatic carbocycles. The Morgan fingerprint density at radius 3 is 2.70 bits per heavy atom. The monoisotopic (exact) mass is 324 g/mol. The molecule has 0 saturated carbocycles. The van der Waals surface area contributed by atoms with Gasteiger partial charge >= 0.3 is 0 Å². The van der Waals surface area contributed by atoms with Gasteiger partial charge in [0, 0.05) is 19.6 Å². The van der Waals surface area contributed by atoms with Crippen LogP contribution in [0.1, 0.15) is 6.42 Å². The van der Waals surface area contributed by atoms with Gasteiger partial charge in [-0.1, -0.05) is 0 Å². The summed E-state index contributed by atoms with van der Waals surface area (Å²) >= 11 is 0. The van der Waals surface area contributed by atoms with E-state index in [9.17, 15) is 12.8 Å². The summed E-state index contributed by atoms with van der Waals surface area (Å²) in [5.41, 5.74) is 0. The summed E-state index contributed by atoms with van der Waals surface area (Å²) in [4.78, 5) is -0.0345. The lowest BCUT2D eigenvalue weighted by Crippen LogP contribution is -2.34. The Morgan fingerprint density at radius 1 is 1.30 bits per heavy atom. The minimum atomic E-state index is -3.64. The van der Waals surface area contributed by atoms with E-state index in [1.807, 2.05) is 0 Å². The summed E-state index contributed by atoms with van der Waals surface area (Å²) in [6.07, 6.45) is 0.748.